The van der Waals surface area contributed by atoms with Crippen LogP contribution in [0.5, 0.6) is 0 Å². The third-order valence-corrected chi connectivity index (χ3v) is 4.88. The van der Waals surface area contributed by atoms with Crippen LogP contribution in [0.2, 0.25) is 0 Å². The molecule has 1 heterocycles. The second kappa shape index (κ2) is 9.63. The quantitative estimate of drug-likeness (QED) is 0.553. The Morgan fingerprint density at radius 2 is 2.00 bits per heavy atom. The van der Waals surface area contributed by atoms with E-state index in [1.165, 1.54) is 16.7 Å². The van der Waals surface area contributed by atoms with Gasteiger partial charge in [-0.3, -0.25) is 10.1 Å². The maximum Gasteiger partial charge on any atom is 0.318 e. The number of nitrogens with zero attached hydrogens (tertiary/aromatic N) is 3. The van der Waals surface area contributed by atoms with E-state index in [0.717, 1.165) is 31.6 Å². The molecular formula is C15H29N6O2S+. The summed E-state index contributed by atoms with van der Waals surface area (Å²) in [5.74, 6) is 0.514. The second-order valence-electron chi connectivity index (χ2n) is 6.00. The van der Waals surface area contributed by atoms with Crippen molar-refractivity contribution in [1.82, 2.24) is 20.1 Å². The third kappa shape index (κ3) is 5.48. The third-order valence-electron chi connectivity index (χ3n) is 3.80. The van der Waals surface area contributed by atoms with E-state index in [1.807, 2.05) is 0 Å². The SMILES string of the molecule is CCCCn1c(S[C@H](C)C(=O)NC(N)=O)nnc1[C@H](CC)[NH+](C)C. The highest BCUT2D eigenvalue weighted by Gasteiger charge is 2.26. The van der Waals surface area contributed by atoms with Gasteiger partial charge in [-0.25, -0.2) is 4.79 Å². The molecule has 0 bridgehead atoms. The molecule has 3 amide bonds. The van der Waals surface area contributed by atoms with Crippen LogP contribution < -0.4 is 16.0 Å². The molecule has 4 N–H and O–H groups in total. The summed E-state index contributed by atoms with van der Waals surface area (Å²) in [5, 5.41) is 11.0. The van der Waals surface area contributed by atoms with Gasteiger partial charge in [0, 0.05) is 13.0 Å². The van der Waals surface area contributed by atoms with E-state index in [9.17, 15) is 9.59 Å². The highest BCUT2D eigenvalue weighted by molar-refractivity contribution is 8.00. The Kier molecular flexibility index (Phi) is 8.20. The van der Waals surface area contributed by atoms with Crippen LogP contribution in [0.15, 0.2) is 5.16 Å². The summed E-state index contributed by atoms with van der Waals surface area (Å²) < 4.78 is 2.10. The predicted octanol–water partition coefficient (Wildman–Crippen LogP) is 0.349. The lowest BCUT2D eigenvalue weighted by atomic mass is 10.2. The first-order chi connectivity index (χ1) is 11.3. The molecule has 2 atom stereocenters. The van der Waals surface area contributed by atoms with Crippen LogP contribution in [0.3, 0.4) is 0 Å². The zero-order valence-corrected chi connectivity index (χ0v) is 15.9. The highest BCUT2D eigenvalue weighted by Crippen LogP contribution is 2.25. The summed E-state index contributed by atoms with van der Waals surface area (Å²) in [5.41, 5.74) is 5.00. The van der Waals surface area contributed by atoms with Crippen LogP contribution >= 0.6 is 11.8 Å². The van der Waals surface area contributed by atoms with Gasteiger partial charge >= 0.3 is 6.03 Å². The smallest absolute Gasteiger partial charge is 0.318 e. The number of hydrogen-bond donors (Lipinski definition) is 3. The number of urea groups is 1. The van der Waals surface area contributed by atoms with E-state index < -0.39 is 17.2 Å². The number of nitrogens with one attached hydrogen (secondary N) is 2. The molecule has 24 heavy (non-hydrogen) atoms. The minimum Gasteiger partial charge on any atom is -0.351 e. The predicted molar refractivity (Wildman–Crippen MR) is 93.8 cm³/mol. The standard InChI is InChI=1S/C15H28N6O2S/c1-6-8-9-21-12(11(7-2)20(4)5)18-19-15(21)24-10(3)13(22)17-14(16)23/h10-11H,6-9H2,1-5H3,(H3,16,17,22,23)/p+1/t10-,11+/m1/s1. The topological polar surface area (TPSA) is 107 Å². The van der Waals surface area contributed by atoms with Crippen LogP contribution in [0.25, 0.3) is 0 Å². The van der Waals surface area contributed by atoms with Crippen molar-refractivity contribution < 1.29 is 14.5 Å². The second-order valence-corrected chi connectivity index (χ2v) is 7.31. The Morgan fingerprint density at radius 3 is 2.50 bits per heavy atom. The Hall–Kier alpha value is -1.61. The van der Waals surface area contributed by atoms with Gasteiger partial charge in [0.05, 0.1) is 19.3 Å². The van der Waals surface area contributed by atoms with Crippen molar-refractivity contribution in [3.8, 4) is 0 Å². The molecule has 1 rings (SSSR count). The number of nitrogens with two attached hydrogens (primary N) is 1. The number of imide groups is 1. The molecule has 0 aliphatic heterocycles. The number of amides is 3. The molecule has 0 saturated carbocycles. The van der Waals surface area contributed by atoms with Gasteiger partial charge in [0.15, 0.2) is 11.0 Å². The lowest BCUT2D eigenvalue weighted by Gasteiger charge is -2.20. The molecule has 0 radical (unpaired) electrons. The Balaban J connectivity index is 3.03. The Morgan fingerprint density at radius 1 is 1.33 bits per heavy atom. The molecule has 8 nitrogen and oxygen atoms in total. The molecule has 0 aromatic carbocycles. The first-order valence-corrected chi connectivity index (χ1v) is 9.19. The average molecular weight is 358 g/mol. The van der Waals surface area contributed by atoms with Crippen molar-refractivity contribution in [2.75, 3.05) is 14.1 Å². The lowest BCUT2D eigenvalue weighted by Crippen LogP contribution is -3.06. The minimum atomic E-state index is -0.845. The molecule has 0 fully saturated rings. The number of unbranched alkanes of at least 4 members (excludes halogenated alkanes) is 1. The summed E-state index contributed by atoms with van der Waals surface area (Å²) in [6.45, 7) is 6.80. The fraction of sp³-hybridized carbons (Fsp3) is 0.733. The van der Waals surface area contributed by atoms with Crippen LogP contribution in [0.4, 0.5) is 4.79 Å². The molecule has 1 aromatic rings. The van der Waals surface area contributed by atoms with Crippen molar-refractivity contribution in [3.63, 3.8) is 0 Å². The minimum absolute atomic E-state index is 0.249. The number of carbonyl (C=O) groups is 2. The number of hydrogen-bond acceptors (Lipinski definition) is 5. The first-order valence-electron chi connectivity index (χ1n) is 8.31. The molecule has 1 aromatic heterocycles. The van der Waals surface area contributed by atoms with E-state index in [2.05, 4.69) is 48.0 Å². The molecule has 0 spiro atoms. The fourth-order valence-corrected chi connectivity index (χ4v) is 3.34. The highest BCUT2D eigenvalue weighted by atomic mass is 32.2. The van der Waals surface area contributed by atoms with E-state index in [1.54, 1.807) is 6.92 Å². The van der Waals surface area contributed by atoms with E-state index in [0.29, 0.717) is 5.16 Å². The molecule has 136 valence electrons. The molecular weight excluding hydrogens is 328 g/mol. The van der Waals surface area contributed by atoms with Crippen molar-refractivity contribution in [2.24, 2.45) is 5.73 Å². The van der Waals surface area contributed by atoms with E-state index >= 15 is 0 Å². The van der Waals surface area contributed by atoms with Gasteiger partial charge < -0.3 is 15.2 Å². The van der Waals surface area contributed by atoms with Crippen LogP contribution in [0, 0.1) is 0 Å². The molecule has 0 saturated heterocycles. The van der Waals surface area contributed by atoms with Gasteiger partial charge in [0.2, 0.25) is 5.91 Å². The number of aromatic nitrogens is 3. The zero-order chi connectivity index (χ0) is 18.3. The van der Waals surface area contributed by atoms with Crippen LogP contribution in [-0.2, 0) is 11.3 Å². The lowest BCUT2D eigenvalue weighted by molar-refractivity contribution is -0.893. The van der Waals surface area contributed by atoms with Crippen molar-refractivity contribution in [1.29, 1.82) is 0 Å². The Bertz CT molecular complexity index is 560. The number of carbonyl (C=O) groups excluding carboxylic acids is 2. The Labute approximate surface area is 147 Å². The normalized spacial score (nSPS) is 13.8. The van der Waals surface area contributed by atoms with Gasteiger partial charge in [-0.15, -0.1) is 10.2 Å². The fourth-order valence-electron chi connectivity index (χ4n) is 2.46. The van der Waals surface area contributed by atoms with E-state index in [-0.39, 0.29) is 6.04 Å². The summed E-state index contributed by atoms with van der Waals surface area (Å²) in [7, 11) is 4.20. The van der Waals surface area contributed by atoms with Gasteiger partial charge in [0.1, 0.15) is 6.04 Å². The largest absolute Gasteiger partial charge is 0.351 e. The monoisotopic (exact) mass is 357 g/mol. The molecule has 9 heteroatoms. The zero-order valence-electron chi connectivity index (χ0n) is 15.1. The summed E-state index contributed by atoms with van der Waals surface area (Å²) >= 11 is 1.29. The maximum absolute atomic E-state index is 11.9. The summed E-state index contributed by atoms with van der Waals surface area (Å²) in [6, 6.07) is -0.596. The van der Waals surface area contributed by atoms with Gasteiger partial charge in [-0.05, 0) is 13.3 Å². The van der Waals surface area contributed by atoms with Gasteiger partial charge in [0.25, 0.3) is 0 Å². The van der Waals surface area contributed by atoms with Gasteiger partial charge in [-0.2, -0.15) is 0 Å². The average Bonchev–Trinajstić information content (AvgIpc) is 2.87. The van der Waals surface area contributed by atoms with Gasteiger partial charge in [-0.1, -0.05) is 32.0 Å². The maximum atomic E-state index is 11.9. The van der Waals surface area contributed by atoms with Crippen molar-refractivity contribution >= 4 is 23.7 Å². The van der Waals surface area contributed by atoms with Crippen molar-refractivity contribution in [2.45, 2.75) is 63.0 Å². The number of primary amides is 1. The molecule has 0 unspecified atom stereocenters. The first kappa shape index (κ1) is 20.4. The van der Waals surface area contributed by atoms with Crippen molar-refractivity contribution in [3.05, 3.63) is 5.82 Å². The number of thioether (sulfide) groups is 1. The summed E-state index contributed by atoms with van der Waals surface area (Å²) in [6.07, 6.45) is 3.03. The molecule has 0 aliphatic rings. The van der Waals surface area contributed by atoms with Crippen LogP contribution in [0.1, 0.15) is 51.9 Å². The van der Waals surface area contributed by atoms with Crippen LogP contribution in [-0.4, -0.2) is 46.0 Å². The summed E-state index contributed by atoms with van der Waals surface area (Å²) in [4.78, 5) is 24.0. The number of rotatable bonds is 9. The number of quaternary nitrogens is 1. The van der Waals surface area contributed by atoms with E-state index in [4.69, 9.17) is 5.73 Å². The molecule has 0 aliphatic carbocycles.